The summed E-state index contributed by atoms with van der Waals surface area (Å²) in [5.74, 6) is -0.338. The lowest BCUT2D eigenvalue weighted by atomic mass is 10.0. The Morgan fingerprint density at radius 1 is 1.24 bits per heavy atom. The van der Waals surface area contributed by atoms with Crippen LogP contribution in [0, 0.1) is 5.92 Å². The number of aliphatic hydroxyl groups is 1. The highest BCUT2D eigenvalue weighted by Gasteiger charge is 2.28. The third kappa shape index (κ3) is 5.17. The molecule has 0 aliphatic rings. The van der Waals surface area contributed by atoms with Gasteiger partial charge >= 0.3 is 0 Å². The summed E-state index contributed by atoms with van der Waals surface area (Å²) in [5.41, 5.74) is 0. The molecule has 0 spiro atoms. The SMILES string of the molecule is CC(=O)NC(C(=O)N(CCO)C(C)C)C(C)C. The fourth-order valence-electron chi connectivity index (χ4n) is 1.64. The van der Waals surface area contributed by atoms with Crippen LogP contribution in [-0.2, 0) is 9.59 Å². The molecule has 2 N–H and O–H groups in total. The smallest absolute Gasteiger partial charge is 0.245 e. The summed E-state index contributed by atoms with van der Waals surface area (Å²) >= 11 is 0. The molecular formula is C12H24N2O3. The first-order chi connectivity index (χ1) is 7.81. The highest BCUT2D eigenvalue weighted by Crippen LogP contribution is 2.09. The molecule has 0 aromatic carbocycles. The zero-order valence-electron chi connectivity index (χ0n) is 11.4. The maximum Gasteiger partial charge on any atom is 0.245 e. The predicted molar refractivity (Wildman–Crippen MR) is 66.4 cm³/mol. The quantitative estimate of drug-likeness (QED) is 0.709. The van der Waals surface area contributed by atoms with E-state index in [0.29, 0.717) is 6.54 Å². The van der Waals surface area contributed by atoms with Gasteiger partial charge in [-0.1, -0.05) is 13.8 Å². The first kappa shape index (κ1) is 15.9. The molecule has 0 radical (unpaired) electrons. The Hall–Kier alpha value is -1.10. The highest BCUT2D eigenvalue weighted by atomic mass is 16.3. The van der Waals surface area contributed by atoms with Gasteiger partial charge in [0.05, 0.1) is 6.61 Å². The molecule has 0 rings (SSSR count). The summed E-state index contributed by atoms with van der Waals surface area (Å²) in [5, 5.41) is 11.6. The second-order valence-corrected chi connectivity index (χ2v) is 4.77. The van der Waals surface area contributed by atoms with Crippen LogP contribution in [0.15, 0.2) is 0 Å². The molecule has 0 aliphatic carbocycles. The average Bonchev–Trinajstić information content (AvgIpc) is 2.20. The lowest BCUT2D eigenvalue weighted by Gasteiger charge is -2.32. The van der Waals surface area contributed by atoms with Crippen LogP contribution in [-0.4, -0.2) is 47.1 Å². The fourth-order valence-corrected chi connectivity index (χ4v) is 1.64. The van der Waals surface area contributed by atoms with Crippen molar-refractivity contribution < 1.29 is 14.7 Å². The number of hydrogen-bond donors (Lipinski definition) is 2. The van der Waals surface area contributed by atoms with Crippen LogP contribution in [0.2, 0.25) is 0 Å². The van der Waals surface area contributed by atoms with Gasteiger partial charge in [-0.15, -0.1) is 0 Å². The molecule has 0 saturated heterocycles. The number of amides is 2. The van der Waals surface area contributed by atoms with Gasteiger partial charge < -0.3 is 15.3 Å². The van der Waals surface area contributed by atoms with Gasteiger partial charge in [-0.05, 0) is 19.8 Å². The third-order valence-corrected chi connectivity index (χ3v) is 2.54. The molecule has 2 amide bonds. The Bertz CT molecular complexity index is 264. The molecule has 5 heteroatoms. The number of nitrogens with one attached hydrogen (secondary N) is 1. The van der Waals surface area contributed by atoms with Crippen molar-refractivity contribution >= 4 is 11.8 Å². The van der Waals surface area contributed by atoms with Crippen LogP contribution in [0.3, 0.4) is 0 Å². The van der Waals surface area contributed by atoms with Gasteiger partial charge in [-0.25, -0.2) is 0 Å². The zero-order valence-corrected chi connectivity index (χ0v) is 11.4. The van der Waals surface area contributed by atoms with E-state index in [1.165, 1.54) is 6.92 Å². The predicted octanol–water partition coefficient (Wildman–Crippen LogP) is 0.376. The van der Waals surface area contributed by atoms with E-state index in [-0.39, 0.29) is 30.4 Å². The van der Waals surface area contributed by atoms with E-state index in [4.69, 9.17) is 5.11 Å². The van der Waals surface area contributed by atoms with Crippen LogP contribution in [0.25, 0.3) is 0 Å². The number of hydrogen-bond acceptors (Lipinski definition) is 3. The first-order valence-electron chi connectivity index (χ1n) is 5.99. The van der Waals surface area contributed by atoms with Crippen LogP contribution in [0.4, 0.5) is 0 Å². The van der Waals surface area contributed by atoms with Gasteiger partial charge in [0.15, 0.2) is 0 Å². The van der Waals surface area contributed by atoms with Gasteiger partial charge in [0, 0.05) is 19.5 Å². The van der Waals surface area contributed by atoms with E-state index in [0.717, 1.165) is 0 Å². The number of rotatable bonds is 6. The van der Waals surface area contributed by atoms with Crippen LogP contribution in [0.1, 0.15) is 34.6 Å². The second kappa shape index (κ2) is 7.27. The lowest BCUT2D eigenvalue weighted by molar-refractivity contribution is -0.139. The van der Waals surface area contributed by atoms with Gasteiger partial charge in [0.25, 0.3) is 0 Å². The average molecular weight is 244 g/mol. The minimum Gasteiger partial charge on any atom is -0.395 e. The summed E-state index contributed by atoms with van der Waals surface area (Å²) in [7, 11) is 0. The first-order valence-corrected chi connectivity index (χ1v) is 5.99. The van der Waals surface area contributed by atoms with Crippen molar-refractivity contribution in [2.45, 2.75) is 46.7 Å². The van der Waals surface area contributed by atoms with Gasteiger partial charge in [0.1, 0.15) is 6.04 Å². The molecule has 100 valence electrons. The van der Waals surface area contributed by atoms with E-state index < -0.39 is 6.04 Å². The Morgan fingerprint density at radius 3 is 2.06 bits per heavy atom. The molecule has 0 aromatic rings. The zero-order chi connectivity index (χ0) is 13.6. The van der Waals surface area contributed by atoms with Crippen molar-refractivity contribution in [3.05, 3.63) is 0 Å². The van der Waals surface area contributed by atoms with Crippen molar-refractivity contribution in [1.82, 2.24) is 10.2 Å². The summed E-state index contributed by atoms with van der Waals surface area (Å²) in [6, 6.07) is -0.522. The Kier molecular flexibility index (Phi) is 6.80. The monoisotopic (exact) mass is 244 g/mol. The number of nitrogens with zero attached hydrogens (tertiary/aromatic N) is 1. The van der Waals surface area contributed by atoms with Gasteiger partial charge in [-0.3, -0.25) is 9.59 Å². The van der Waals surface area contributed by atoms with Crippen molar-refractivity contribution in [3.63, 3.8) is 0 Å². The normalized spacial score (nSPS) is 12.7. The maximum absolute atomic E-state index is 12.3. The van der Waals surface area contributed by atoms with E-state index in [2.05, 4.69) is 5.32 Å². The van der Waals surface area contributed by atoms with E-state index in [9.17, 15) is 9.59 Å². The lowest BCUT2D eigenvalue weighted by Crippen LogP contribution is -2.53. The fraction of sp³-hybridized carbons (Fsp3) is 0.833. The molecule has 0 aliphatic heterocycles. The molecule has 0 fully saturated rings. The van der Waals surface area contributed by atoms with Crippen molar-refractivity contribution in [2.75, 3.05) is 13.2 Å². The molecular weight excluding hydrogens is 220 g/mol. The topological polar surface area (TPSA) is 69.6 Å². The molecule has 17 heavy (non-hydrogen) atoms. The molecule has 1 atom stereocenters. The van der Waals surface area contributed by atoms with Gasteiger partial charge in [0.2, 0.25) is 11.8 Å². The molecule has 1 unspecified atom stereocenters. The Labute approximate surface area is 103 Å². The van der Waals surface area contributed by atoms with Crippen molar-refractivity contribution in [1.29, 1.82) is 0 Å². The minimum atomic E-state index is -0.526. The van der Waals surface area contributed by atoms with Crippen LogP contribution < -0.4 is 5.32 Å². The number of carbonyl (C=O) groups excluding carboxylic acids is 2. The van der Waals surface area contributed by atoms with E-state index >= 15 is 0 Å². The second-order valence-electron chi connectivity index (χ2n) is 4.77. The van der Waals surface area contributed by atoms with Crippen molar-refractivity contribution in [2.24, 2.45) is 5.92 Å². The van der Waals surface area contributed by atoms with E-state index in [1.807, 2.05) is 27.7 Å². The molecule has 0 aromatic heterocycles. The highest BCUT2D eigenvalue weighted by molar-refractivity contribution is 5.87. The largest absolute Gasteiger partial charge is 0.395 e. The minimum absolute atomic E-state index is 0.00431. The van der Waals surface area contributed by atoms with E-state index in [1.54, 1.807) is 4.90 Å². The maximum atomic E-state index is 12.3. The number of aliphatic hydroxyl groups excluding tert-OH is 1. The van der Waals surface area contributed by atoms with Crippen LogP contribution in [0.5, 0.6) is 0 Å². The van der Waals surface area contributed by atoms with Gasteiger partial charge in [-0.2, -0.15) is 0 Å². The summed E-state index contributed by atoms with van der Waals surface area (Å²) in [4.78, 5) is 24.9. The molecule has 0 bridgehead atoms. The summed E-state index contributed by atoms with van der Waals surface area (Å²) < 4.78 is 0. The number of carbonyl (C=O) groups is 2. The molecule has 0 saturated carbocycles. The Morgan fingerprint density at radius 2 is 1.76 bits per heavy atom. The summed E-state index contributed by atoms with van der Waals surface area (Å²) in [6.07, 6.45) is 0. The van der Waals surface area contributed by atoms with Crippen molar-refractivity contribution in [3.8, 4) is 0 Å². The van der Waals surface area contributed by atoms with Crippen LogP contribution >= 0.6 is 0 Å². The standard InChI is InChI=1S/C12H24N2O3/c1-8(2)11(13-10(5)16)12(17)14(6-7-15)9(3)4/h8-9,11,15H,6-7H2,1-5H3,(H,13,16). The Balaban J connectivity index is 4.83. The molecule has 0 heterocycles. The molecule has 5 nitrogen and oxygen atoms in total. The third-order valence-electron chi connectivity index (χ3n) is 2.54. The summed E-state index contributed by atoms with van der Waals surface area (Å²) in [6.45, 7) is 9.16.